The molecule has 0 saturated carbocycles. The Kier molecular flexibility index (Phi) is 3.26. The van der Waals surface area contributed by atoms with Gasteiger partial charge >= 0.3 is 0 Å². The summed E-state index contributed by atoms with van der Waals surface area (Å²) in [5.74, 6) is 0. The van der Waals surface area contributed by atoms with Crippen molar-refractivity contribution in [3.05, 3.63) is 18.3 Å². The zero-order chi connectivity index (χ0) is 15.3. The number of aromatic amines is 1. The average Bonchev–Trinajstić information content (AvgIpc) is 3.05. The number of H-pyrrole nitrogens is 1. The maximum atomic E-state index is 12.6. The minimum absolute atomic E-state index is 0.0320. The molecule has 3 rings (SSSR count). The van der Waals surface area contributed by atoms with Crippen LogP contribution in [0.5, 0.6) is 0 Å². The van der Waals surface area contributed by atoms with Crippen molar-refractivity contribution in [2.75, 3.05) is 19.3 Å². The van der Waals surface area contributed by atoms with Gasteiger partial charge < -0.3 is 0 Å². The third kappa shape index (κ3) is 2.43. The molecule has 1 aliphatic heterocycles. The van der Waals surface area contributed by atoms with Crippen molar-refractivity contribution in [2.24, 2.45) is 0 Å². The van der Waals surface area contributed by atoms with Crippen LogP contribution in [0.4, 0.5) is 0 Å². The molecule has 1 aliphatic rings. The van der Waals surface area contributed by atoms with Crippen LogP contribution in [0, 0.1) is 0 Å². The van der Waals surface area contributed by atoms with Gasteiger partial charge in [0.05, 0.1) is 10.6 Å². The number of nitrogens with zero attached hydrogens (tertiary/aromatic N) is 3. The molecule has 0 amide bonds. The van der Waals surface area contributed by atoms with Gasteiger partial charge in [-0.05, 0) is 18.6 Å². The van der Waals surface area contributed by atoms with Crippen LogP contribution in [0.2, 0.25) is 0 Å². The van der Waals surface area contributed by atoms with Gasteiger partial charge in [-0.2, -0.15) is 9.40 Å². The van der Waals surface area contributed by atoms with Crippen LogP contribution in [0.1, 0.15) is 6.42 Å². The lowest BCUT2D eigenvalue weighted by molar-refractivity contribution is 0.474. The maximum absolute atomic E-state index is 12.6. The molecular weight excluding hydrogens is 316 g/mol. The van der Waals surface area contributed by atoms with Gasteiger partial charge in [0.1, 0.15) is 0 Å². The van der Waals surface area contributed by atoms with Gasteiger partial charge in [-0.3, -0.25) is 5.10 Å². The monoisotopic (exact) mass is 330 g/mol. The maximum Gasteiger partial charge on any atom is 0.263 e. The summed E-state index contributed by atoms with van der Waals surface area (Å²) < 4.78 is 49.5. The summed E-state index contributed by atoms with van der Waals surface area (Å²) in [6, 6.07) is 3.24. The Hall–Kier alpha value is -1.52. The first-order valence-electron chi connectivity index (χ1n) is 6.28. The predicted molar refractivity (Wildman–Crippen MR) is 75.9 cm³/mol. The summed E-state index contributed by atoms with van der Waals surface area (Å²) >= 11 is 0. The molecule has 3 heterocycles. The Morgan fingerprint density at radius 3 is 2.76 bits per heavy atom. The number of fused-ring (bicyclic) bond motifs is 1. The zero-order valence-electron chi connectivity index (χ0n) is 11.2. The number of hydrogen-bond donors (Lipinski definition) is 1. The second-order valence-corrected chi connectivity index (χ2v) is 9.21. The highest BCUT2D eigenvalue weighted by Gasteiger charge is 2.38. The molecule has 1 saturated heterocycles. The summed E-state index contributed by atoms with van der Waals surface area (Å²) in [6.45, 7) is 0.143. The van der Waals surface area contributed by atoms with Crippen molar-refractivity contribution in [2.45, 2.75) is 16.7 Å². The first kappa shape index (κ1) is 14.4. The first-order valence-corrected chi connectivity index (χ1v) is 9.68. The molecule has 1 fully saturated rings. The van der Waals surface area contributed by atoms with E-state index in [-0.39, 0.29) is 18.1 Å². The van der Waals surface area contributed by atoms with E-state index < -0.39 is 25.1 Å². The Morgan fingerprint density at radius 1 is 1.33 bits per heavy atom. The molecule has 1 N–H and O–H groups in total. The third-order valence-electron chi connectivity index (χ3n) is 3.60. The van der Waals surface area contributed by atoms with E-state index in [9.17, 15) is 16.8 Å². The summed E-state index contributed by atoms with van der Waals surface area (Å²) in [4.78, 5) is 4.00. The standard InChI is InChI=1S/C11H14N4O4S2/c1-20(16,17)8-4-6-15(7-8)21(18,19)11-9-3-2-5-12-10(9)13-14-11/h2-3,5,8H,4,6-7H2,1H3,(H,12,13,14). The molecule has 114 valence electrons. The van der Waals surface area contributed by atoms with Crippen LogP contribution >= 0.6 is 0 Å². The number of rotatable bonds is 3. The van der Waals surface area contributed by atoms with Crippen LogP contribution in [0.3, 0.4) is 0 Å². The first-order chi connectivity index (χ1) is 9.80. The summed E-state index contributed by atoms with van der Waals surface area (Å²) in [5, 5.41) is 6.04. The largest absolute Gasteiger partial charge is 0.263 e. The van der Waals surface area contributed by atoms with Crippen molar-refractivity contribution >= 4 is 30.9 Å². The lowest BCUT2D eigenvalue weighted by Crippen LogP contribution is -2.32. The van der Waals surface area contributed by atoms with E-state index in [1.165, 1.54) is 10.5 Å². The van der Waals surface area contributed by atoms with Crippen molar-refractivity contribution in [1.29, 1.82) is 0 Å². The number of aromatic nitrogens is 3. The lowest BCUT2D eigenvalue weighted by Gasteiger charge is -2.14. The second-order valence-electron chi connectivity index (χ2n) is 5.03. The highest BCUT2D eigenvalue weighted by molar-refractivity contribution is 7.91. The van der Waals surface area contributed by atoms with Gasteiger partial charge in [-0.15, -0.1) is 0 Å². The number of pyridine rings is 1. The van der Waals surface area contributed by atoms with Crippen LogP contribution in [0.25, 0.3) is 11.0 Å². The van der Waals surface area contributed by atoms with Gasteiger partial charge in [0.25, 0.3) is 10.0 Å². The predicted octanol–water partition coefficient (Wildman–Crippen LogP) is -0.234. The Balaban J connectivity index is 1.99. The van der Waals surface area contributed by atoms with Gasteiger partial charge in [-0.25, -0.2) is 21.8 Å². The molecule has 10 heteroatoms. The van der Waals surface area contributed by atoms with Crippen molar-refractivity contribution in [1.82, 2.24) is 19.5 Å². The van der Waals surface area contributed by atoms with Gasteiger partial charge in [0.2, 0.25) is 5.03 Å². The van der Waals surface area contributed by atoms with E-state index in [4.69, 9.17) is 0 Å². The normalized spacial score (nSPS) is 21.1. The van der Waals surface area contributed by atoms with Crippen molar-refractivity contribution < 1.29 is 16.8 Å². The van der Waals surface area contributed by atoms with Crippen LogP contribution in [0.15, 0.2) is 23.4 Å². The highest BCUT2D eigenvalue weighted by atomic mass is 32.2. The molecular formula is C11H14N4O4S2. The molecule has 0 radical (unpaired) electrons. The van der Waals surface area contributed by atoms with E-state index in [0.717, 1.165) is 6.26 Å². The fourth-order valence-electron chi connectivity index (χ4n) is 2.42. The minimum Gasteiger partial charge on any atom is -0.259 e. The van der Waals surface area contributed by atoms with Crippen LogP contribution < -0.4 is 0 Å². The highest BCUT2D eigenvalue weighted by Crippen LogP contribution is 2.26. The SMILES string of the molecule is CS(=O)(=O)C1CCN(S(=O)(=O)c2n[nH]c3ncccc23)C1. The summed E-state index contributed by atoms with van der Waals surface area (Å²) in [5.41, 5.74) is 0.384. The van der Waals surface area contributed by atoms with E-state index >= 15 is 0 Å². The lowest BCUT2D eigenvalue weighted by atomic mass is 10.4. The molecule has 0 spiro atoms. The number of nitrogens with one attached hydrogen (secondary N) is 1. The number of sulfone groups is 1. The molecule has 0 aliphatic carbocycles. The van der Waals surface area contributed by atoms with E-state index in [2.05, 4.69) is 15.2 Å². The molecule has 8 nitrogen and oxygen atoms in total. The summed E-state index contributed by atoms with van der Waals surface area (Å²) in [7, 11) is -7.08. The Morgan fingerprint density at radius 2 is 2.10 bits per heavy atom. The topological polar surface area (TPSA) is 113 Å². The van der Waals surface area contributed by atoms with Crippen LogP contribution in [-0.4, -0.2) is 60.9 Å². The summed E-state index contributed by atoms with van der Waals surface area (Å²) in [6.07, 6.45) is 2.97. The van der Waals surface area contributed by atoms with Crippen LogP contribution in [-0.2, 0) is 19.9 Å². The average molecular weight is 330 g/mol. The Bertz CT molecular complexity index is 888. The molecule has 0 bridgehead atoms. The van der Waals surface area contributed by atoms with E-state index in [0.29, 0.717) is 17.5 Å². The Labute approximate surface area is 122 Å². The van der Waals surface area contributed by atoms with Gasteiger partial charge in [0.15, 0.2) is 15.5 Å². The molecule has 2 aromatic heterocycles. The quantitative estimate of drug-likeness (QED) is 0.831. The minimum atomic E-state index is -3.83. The van der Waals surface area contributed by atoms with Gasteiger partial charge in [-0.1, -0.05) is 0 Å². The zero-order valence-corrected chi connectivity index (χ0v) is 12.9. The molecule has 2 aromatic rings. The van der Waals surface area contributed by atoms with E-state index in [1.54, 1.807) is 12.1 Å². The molecule has 1 atom stereocenters. The van der Waals surface area contributed by atoms with Crippen molar-refractivity contribution in [3.63, 3.8) is 0 Å². The fourth-order valence-corrected chi connectivity index (χ4v) is 5.06. The fraction of sp³-hybridized carbons (Fsp3) is 0.455. The molecule has 21 heavy (non-hydrogen) atoms. The van der Waals surface area contributed by atoms with Gasteiger partial charge in [0, 0.05) is 25.5 Å². The molecule has 1 unspecified atom stereocenters. The molecule has 0 aromatic carbocycles. The smallest absolute Gasteiger partial charge is 0.259 e. The number of hydrogen-bond acceptors (Lipinski definition) is 6. The second kappa shape index (κ2) is 4.75. The van der Waals surface area contributed by atoms with E-state index in [1.807, 2.05) is 0 Å². The number of sulfonamides is 1. The van der Waals surface area contributed by atoms with Crippen molar-refractivity contribution in [3.8, 4) is 0 Å². The third-order valence-corrected chi connectivity index (χ3v) is 7.01.